The highest BCUT2D eigenvalue weighted by Crippen LogP contribution is 2.31. The Hall–Kier alpha value is -1.10. The van der Waals surface area contributed by atoms with E-state index in [9.17, 15) is 10.1 Å². The topological polar surface area (TPSA) is 52.4 Å². The molecule has 0 aliphatic heterocycles. The van der Waals surface area contributed by atoms with Crippen LogP contribution in [0.2, 0.25) is 0 Å². The lowest BCUT2D eigenvalue weighted by molar-refractivity contribution is -0.386. The minimum absolute atomic E-state index is 0.0627. The molecule has 19 heavy (non-hydrogen) atoms. The lowest BCUT2D eigenvalue weighted by Crippen LogP contribution is -2.15. The maximum absolute atomic E-state index is 11.1. The van der Waals surface area contributed by atoms with E-state index in [4.69, 9.17) is 4.74 Å². The molecule has 104 valence electrons. The van der Waals surface area contributed by atoms with E-state index in [0.717, 1.165) is 5.56 Å². The summed E-state index contributed by atoms with van der Waals surface area (Å²) in [5.74, 6) is 0.935. The van der Waals surface area contributed by atoms with Crippen molar-refractivity contribution < 1.29 is 9.66 Å². The largest absolute Gasteiger partial charge is 0.487 e. The molecule has 0 spiro atoms. The van der Waals surface area contributed by atoms with Crippen LogP contribution in [0, 0.1) is 16.0 Å². The van der Waals surface area contributed by atoms with E-state index >= 15 is 0 Å². The summed E-state index contributed by atoms with van der Waals surface area (Å²) in [6.07, 6.45) is 6.15. The first-order chi connectivity index (χ1) is 9.20. The molecule has 0 N–H and O–H groups in total. The molecule has 0 aromatic heterocycles. The molecular weight excluding hydrogens is 310 g/mol. The maximum atomic E-state index is 11.1. The van der Waals surface area contributed by atoms with E-state index in [1.54, 1.807) is 12.1 Å². The molecule has 2 rings (SSSR count). The Morgan fingerprint density at radius 1 is 1.32 bits per heavy atom. The second-order valence-electron chi connectivity index (χ2n) is 5.01. The summed E-state index contributed by atoms with van der Waals surface area (Å²) < 4.78 is 5.68. The third-order valence-electron chi connectivity index (χ3n) is 3.57. The zero-order valence-corrected chi connectivity index (χ0v) is 12.4. The molecule has 1 aromatic carbocycles. The predicted octanol–water partition coefficient (Wildman–Crippen LogP) is 4.45. The van der Waals surface area contributed by atoms with Crippen molar-refractivity contribution in [3.8, 4) is 5.75 Å². The van der Waals surface area contributed by atoms with Gasteiger partial charge in [0.05, 0.1) is 11.5 Å². The highest BCUT2D eigenvalue weighted by molar-refractivity contribution is 9.08. The summed E-state index contributed by atoms with van der Waals surface area (Å²) in [5.41, 5.74) is 0.949. The third kappa shape index (κ3) is 3.93. The van der Waals surface area contributed by atoms with Gasteiger partial charge in [-0.05, 0) is 30.4 Å². The molecule has 0 unspecified atom stereocenters. The normalized spacial score (nSPS) is 16.3. The number of nitro benzene ring substituents is 1. The van der Waals surface area contributed by atoms with Crippen molar-refractivity contribution in [2.45, 2.75) is 37.4 Å². The first-order valence-corrected chi connectivity index (χ1v) is 7.79. The van der Waals surface area contributed by atoms with Crippen LogP contribution < -0.4 is 4.74 Å². The van der Waals surface area contributed by atoms with Crippen LogP contribution in [0.4, 0.5) is 5.69 Å². The lowest BCUT2D eigenvalue weighted by Gasteiger charge is -2.21. The van der Waals surface area contributed by atoms with Crippen molar-refractivity contribution in [3.05, 3.63) is 33.9 Å². The number of halogens is 1. The predicted molar refractivity (Wildman–Crippen MR) is 77.8 cm³/mol. The Labute approximate surface area is 121 Å². The van der Waals surface area contributed by atoms with Gasteiger partial charge in [-0.1, -0.05) is 41.3 Å². The molecule has 1 aromatic rings. The Bertz CT molecular complexity index is 444. The van der Waals surface area contributed by atoms with Crippen molar-refractivity contribution in [3.63, 3.8) is 0 Å². The van der Waals surface area contributed by atoms with Gasteiger partial charge in [0.25, 0.3) is 0 Å². The average molecular weight is 328 g/mol. The summed E-state index contributed by atoms with van der Waals surface area (Å²) >= 11 is 3.30. The van der Waals surface area contributed by atoms with Crippen LogP contribution >= 0.6 is 15.9 Å². The molecule has 0 bridgehead atoms. The Kier molecular flexibility index (Phi) is 5.19. The summed E-state index contributed by atoms with van der Waals surface area (Å²) in [4.78, 5) is 10.7. The molecule has 1 aliphatic carbocycles. The second-order valence-corrected chi connectivity index (χ2v) is 5.57. The van der Waals surface area contributed by atoms with Gasteiger partial charge in [-0.3, -0.25) is 10.1 Å². The Morgan fingerprint density at radius 2 is 2.05 bits per heavy atom. The number of hydrogen-bond donors (Lipinski definition) is 0. The van der Waals surface area contributed by atoms with Gasteiger partial charge in [0.2, 0.25) is 0 Å². The second kappa shape index (κ2) is 6.89. The average Bonchev–Trinajstić information content (AvgIpc) is 2.46. The number of alkyl halides is 1. The molecule has 0 heterocycles. The molecule has 1 saturated carbocycles. The lowest BCUT2D eigenvalue weighted by atomic mass is 9.90. The molecule has 1 aliphatic rings. The van der Waals surface area contributed by atoms with Crippen molar-refractivity contribution in [1.82, 2.24) is 0 Å². The number of ether oxygens (including phenoxy) is 1. The zero-order valence-electron chi connectivity index (χ0n) is 10.8. The monoisotopic (exact) mass is 327 g/mol. The number of hydrogen-bond acceptors (Lipinski definition) is 3. The van der Waals surface area contributed by atoms with Crippen LogP contribution in [0.3, 0.4) is 0 Å². The summed E-state index contributed by atoms with van der Waals surface area (Å²) in [6.45, 7) is 0.592. The highest BCUT2D eigenvalue weighted by atomic mass is 79.9. The summed E-state index contributed by atoms with van der Waals surface area (Å²) in [6, 6.07) is 5.14. The van der Waals surface area contributed by atoms with E-state index in [1.165, 1.54) is 32.1 Å². The SMILES string of the molecule is O=[N+]([O-])c1cc(CBr)ccc1OCC1CCCCC1. The van der Waals surface area contributed by atoms with E-state index < -0.39 is 0 Å². The standard InChI is InChI=1S/C14H18BrNO3/c15-9-12-6-7-14(13(8-12)16(17)18)19-10-11-4-2-1-3-5-11/h6-8,11H,1-5,9-10H2. The molecule has 0 amide bonds. The third-order valence-corrected chi connectivity index (χ3v) is 4.22. The molecule has 0 radical (unpaired) electrons. The first-order valence-electron chi connectivity index (χ1n) is 6.67. The van der Waals surface area contributed by atoms with Gasteiger partial charge in [0.1, 0.15) is 0 Å². The van der Waals surface area contributed by atoms with E-state index in [2.05, 4.69) is 15.9 Å². The quantitative estimate of drug-likeness (QED) is 0.456. The Balaban J connectivity index is 2.04. The highest BCUT2D eigenvalue weighted by Gasteiger charge is 2.19. The fourth-order valence-electron chi connectivity index (χ4n) is 2.47. The van der Waals surface area contributed by atoms with E-state index in [1.807, 2.05) is 6.07 Å². The van der Waals surface area contributed by atoms with Gasteiger partial charge in [-0.2, -0.15) is 0 Å². The summed E-state index contributed by atoms with van der Waals surface area (Å²) in [5, 5.41) is 11.7. The van der Waals surface area contributed by atoms with Crippen LogP contribution in [0.25, 0.3) is 0 Å². The molecule has 1 fully saturated rings. The van der Waals surface area contributed by atoms with Gasteiger partial charge in [0.15, 0.2) is 5.75 Å². The van der Waals surface area contributed by atoms with Crippen LogP contribution in [-0.2, 0) is 5.33 Å². The molecule has 5 heteroatoms. The van der Waals surface area contributed by atoms with Crippen LogP contribution in [-0.4, -0.2) is 11.5 Å². The van der Waals surface area contributed by atoms with Crippen LogP contribution in [0.5, 0.6) is 5.75 Å². The minimum Gasteiger partial charge on any atom is -0.487 e. The maximum Gasteiger partial charge on any atom is 0.311 e. The summed E-state index contributed by atoms with van der Waals surface area (Å²) in [7, 11) is 0. The van der Waals surface area contributed by atoms with Crippen LogP contribution in [0.15, 0.2) is 18.2 Å². The molecular formula is C14H18BrNO3. The van der Waals surface area contributed by atoms with E-state index in [0.29, 0.717) is 23.6 Å². The van der Waals surface area contributed by atoms with Gasteiger partial charge in [-0.15, -0.1) is 0 Å². The van der Waals surface area contributed by atoms with Gasteiger partial charge in [0, 0.05) is 11.4 Å². The minimum atomic E-state index is -0.373. The van der Waals surface area contributed by atoms with Gasteiger partial charge >= 0.3 is 5.69 Å². The molecule has 4 nitrogen and oxygen atoms in total. The molecule has 0 atom stereocenters. The first kappa shape index (κ1) is 14.3. The smallest absolute Gasteiger partial charge is 0.311 e. The molecule has 0 saturated heterocycles. The van der Waals surface area contributed by atoms with Crippen LogP contribution in [0.1, 0.15) is 37.7 Å². The number of nitrogens with zero attached hydrogens (tertiary/aromatic N) is 1. The van der Waals surface area contributed by atoms with Crippen molar-refractivity contribution in [2.75, 3.05) is 6.61 Å². The number of nitro groups is 1. The fraction of sp³-hybridized carbons (Fsp3) is 0.571. The Morgan fingerprint density at radius 3 is 2.68 bits per heavy atom. The van der Waals surface area contributed by atoms with Gasteiger partial charge < -0.3 is 4.74 Å². The van der Waals surface area contributed by atoms with E-state index in [-0.39, 0.29) is 10.6 Å². The van der Waals surface area contributed by atoms with Crippen molar-refractivity contribution in [1.29, 1.82) is 0 Å². The van der Waals surface area contributed by atoms with Gasteiger partial charge in [-0.25, -0.2) is 0 Å². The number of rotatable bonds is 5. The van der Waals surface area contributed by atoms with Crippen molar-refractivity contribution >= 4 is 21.6 Å². The zero-order chi connectivity index (χ0) is 13.7. The number of benzene rings is 1. The van der Waals surface area contributed by atoms with Crippen molar-refractivity contribution in [2.24, 2.45) is 5.92 Å². The fourth-order valence-corrected chi connectivity index (χ4v) is 2.82.